The molecule has 0 saturated heterocycles. The molecule has 0 aliphatic carbocycles. The van der Waals surface area contributed by atoms with Gasteiger partial charge in [-0.1, -0.05) is 0 Å². The van der Waals surface area contributed by atoms with Crippen LogP contribution >= 0.6 is 0 Å². The van der Waals surface area contributed by atoms with E-state index in [0.29, 0.717) is 0 Å². The highest BCUT2D eigenvalue weighted by atomic mass is 16.1. The Balaban J connectivity index is 2.55. The largest absolute Gasteiger partial charge is 0.344 e. The van der Waals surface area contributed by atoms with E-state index in [4.69, 9.17) is 0 Å². The zero-order valence-corrected chi connectivity index (χ0v) is 7.98. The van der Waals surface area contributed by atoms with Crippen molar-refractivity contribution in [2.24, 2.45) is 7.05 Å². The number of aromatic nitrogens is 4. The average molecular weight is 190 g/mol. The molecule has 0 unspecified atom stereocenters. The van der Waals surface area contributed by atoms with Crippen LogP contribution in [0.1, 0.15) is 5.82 Å². The van der Waals surface area contributed by atoms with Gasteiger partial charge in [0.05, 0.1) is 11.9 Å². The van der Waals surface area contributed by atoms with E-state index in [1.54, 1.807) is 12.4 Å². The number of imidazole rings is 1. The lowest BCUT2D eigenvalue weighted by Gasteiger charge is -2.01. The fourth-order valence-electron chi connectivity index (χ4n) is 1.25. The highest BCUT2D eigenvalue weighted by molar-refractivity contribution is 5.56. The van der Waals surface area contributed by atoms with Gasteiger partial charge < -0.3 is 9.55 Å². The number of rotatable bonds is 1. The molecule has 14 heavy (non-hydrogen) atoms. The Morgan fingerprint density at radius 1 is 1.36 bits per heavy atom. The lowest BCUT2D eigenvalue weighted by molar-refractivity contribution is 0.863. The monoisotopic (exact) mass is 190 g/mol. The molecule has 0 atom stereocenters. The van der Waals surface area contributed by atoms with E-state index in [1.165, 1.54) is 6.20 Å². The van der Waals surface area contributed by atoms with Crippen molar-refractivity contribution in [2.45, 2.75) is 6.92 Å². The maximum atomic E-state index is 10.8. The van der Waals surface area contributed by atoms with E-state index in [2.05, 4.69) is 15.0 Å². The van der Waals surface area contributed by atoms with Crippen molar-refractivity contribution in [1.82, 2.24) is 19.5 Å². The van der Waals surface area contributed by atoms with Gasteiger partial charge in [-0.15, -0.1) is 0 Å². The van der Waals surface area contributed by atoms with Gasteiger partial charge in [-0.3, -0.25) is 0 Å². The molecule has 0 aromatic carbocycles. The van der Waals surface area contributed by atoms with Crippen molar-refractivity contribution in [2.75, 3.05) is 0 Å². The molecule has 0 saturated carbocycles. The van der Waals surface area contributed by atoms with Gasteiger partial charge >= 0.3 is 5.69 Å². The van der Waals surface area contributed by atoms with Crippen molar-refractivity contribution in [3.05, 3.63) is 34.9 Å². The summed E-state index contributed by atoms with van der Waals surface area (Å²) < 4.78 is 1.94. The summed E-state index contributed by atoms with van der Waals surface area (Å²) in [5.74, 6) is 0.922. The van der Waals surface area contributed by atoms with Crippen LogP contribution in [0.5, 0.6) is 0 Å². The summed E-state index contributed by atoms with van der Waals surface area (Å²) in [6.45, 7) is 1.92. The summed E-state index contributed by atoms with van der Waals surface area (Å²) >= 11 is 0. The fourth-order valence-corrected chi connectivity index (χ4v) is 1.25. The molecule has 2 aromatic rings. The second-order valence-corrected chi connectivity index (χ2v) is 3.06. The van der Waals surface area contributed by atoms with E-state index in [0.717, 1.165) is 17.1 Å². The van der Waals surface area contributed by atoms with Gasteiger partial charge in [0.1, 0.15) is 5.82 Å². The average Bonchev–Trinajstić information content (AvgIpc) is 2.50. The number of nitrogens with zero attached hydrogens (tertiary/aromatic N) is 3. The number of H-pyrrole nitrogens is 1. The van der Waals surface area contributed by atoms with Crippen LogP contribution in [-0.4, -0.2) is 19.5 Å². The third-order valence-electron chi connectivity index (χ3n) is 2.19. The van der Waals surface area contributed by atoms with Crippen LogP contribution < -0.4 is 5.69 Å². The molecule has 0 radical (unpaired) electrons. The molecule has 0 spiro atoms. The Kier molecular flexibility index (Phi) is 1.92. The van der Waals surface area contributed by atoms with Crippen LogP contribution in [0.4, 0.5) is 0 Å². The van der Waals surface area contributed by atoms with Crippen molar-refractivity contribution in [3.8, 4) is 11.3 Å². The molecule has 2 heterocycles. The van der Waals surface area contributed by atoms with Gasteiger partial charge in [-0.25, -0.2) is 14.8 Å². The summed E-state index contributed by atoms with van der Waals surface area (Å²) in [4.78, 5) is 21.1. The Morgan fingerprint density at radius 3 is 2.64 bits per heavy atom. The minimum absolute atomic E-state index is 0.340. The van der Waals surface area contributed by atoms with E-state index in [9.17, 15) is 4.79 Å². The maximum absolute atomic E-state index is 10.8. The lowest BCUT2D eigenvalue weighted by atomic mass is 10.2. The normalized spacial score (nSPS) is 10.4. The molecule has 0 amide bonds. The highest BCUT2D eigenvalue weighted by Crippen LogP contribution is 2.16. The highest BCUT2D eigenvalue weighted by Gasteiger charge is 2.05. The first-order valence-electron chi connectivity index (χ1n) is 4.22. The molecule has 0 aliphatic heterocycles. The van der Waals surface area contributed by atoms with Crippen molar-refractivity contribution in [3.63, 3.8) is 0 Å². The van der Waals surface area contributed by atoms with Gasteiger partial charge in [0, 0.05) is 25.0 Å². The molecule has 1 N–H and O–H groups in total. The summed E-state index contributed by atoms with van der Waals surface area (Å²) in [5, 5.41) is 0. The summed E-state index contributed by atoms with van der Waals surface area (Å²) in [6.07, 6.45) is 4.92. The summed E-state index contributed by atoms with van der Waals surface area (Å²) in [5.41, 5.74) is 1.45. The minimum atomic E-state index is -0.340. The molecule has 0 fully saturated rings. The first-order valence-corrected chi connectivity index (χ1v) is 4.22. The quantitative estimate of drug-likeness (QED) is 0.711. The number of nitrogens with one attached hydrogen (secondary N) is 1. The number of aryl methyl sites for hydroxylation is 1. The van der Waals surface area contributed by atoms with Crippen LogP contribution in [0, 0.1) is 6.92 Å². The molecular weight excluding hydrogens is 180 g/mol. The zero-order chi connectivity index (χ0) is 10.1. The maximum Gasteiger partial charge on any atom is 0.344 e. The van der Waals surface area contributed by atoms with Crippen molar-refractivity contribution in [1.29, 1.82) is 0 Å². The fraction of sp³-hybridized carbons (Fsp3) is 0.222. The summed E-state index contributed by atoms with van der Waals surface area (Å²) in [7, 11) is 1.92. The predicted molar refractivity (Wildman–Crippen MR) is 51.8 cm³/mol. The molecule has 5 heteroatoms. The first-order chi connectivity index (χ1) is 6.68. The van der Waals surface area contributed by atoms with Gasteiger partial charge in [0.15, 0.2) is 0 Å². The molecular formula is C9H10N4O. The standard InChI is InChI=1S/C9H10N4O/c1-6-10-5-8(13(6)2)7-3-11-9(14)12-4-7/h3-5H,1-2H3,(H,11,12,14). The second-order valence-electron chi connectivity index (χ2n) is 3.06. The predicted octanol–water partition coefficient (Wildman–Crippen LogP) is 0.479. The molecule has 5 nitrogen and oxygen atoms in total. The third-order valence-corrected chi connectivity index (χ3v) is 2.19. The molecule has 0 bridgehead atoms. The van der Waals surface area contributed by atoms with Gasteiger partial charge in [0.2, 0.25) is 0 Å². The number of hydrogen-bond acceptors (Lipinski definition) is 3. The Bertz CT molecular complexity index is 491. The van der Waals surface area contributed by atoms with E-state index >= 15 is 0 Å². The third kappa shape index (κ3) is 1.32. The van der Waals surface area contributed by atoms with E-state index < -0.39 is 0 Å². The Labute approximate surface area is 80.5 Å². The van der Waals surface area contributed by atoms with E-state index in [1.807, 2.05) is 18.5 Å². The van der Waals surface area contributed by atoms with Crippen LogP contribution in [0.15, 0.2) is 23.4 Å². The molecule has 2 aromatic heterocycles. The minimum Gasteiger partial charge on any atom is -0.331 e. The Morgan fingerprint density at radius 2 is 2.14 bits per heavy atom. The second kappa shape index (κ2) is 3.10. The molecule has 2 rings (SSSR count). The first kappa shape index (κ1) is 8.68. The van der Waals surface area contributed by atoms with Crippen LogP contribution in [0.25, 0.3) is 11.3 Å². The van der Waals surface area contributed by atoms with Crippen molar-refractivity contribution >= 4 is 0 Å². The van der Waals surface area contributed by atoms with Gasteiger partial charge in [-0.2, -0.15) is 0 Å². The number of hydrogen-bond donors (Lipinski definition) is 1. The van der Waals surface area contributed by atoms with Crippen molar-refractivity contribution < 1.29 is 0 Å². The SMILES string of the molecule is Cc1ncc(-c2cnc(=O)[nH]c2)n1C. The lowest BCUT2D eigenvalue weighted by Crippen LogP contribution is -2.08. The van der Waals surface area contributed by atoms with E-state index in [-0.39, 0.29) is 5.69 Å². The van der Waals surface area contributed by atoms with Gasteiger partial charge in [0.25, 0.3) is 0 Å². The Hall–Kier alpha value is -1.91. The zero-order valence-electron chi connectivity index (χ0n) is 7.98. The van der Waals surface area contributed by atoms with Crippen LogP contribution in [0.2, 0.25) is 0 Å². The molecule has 72 valence electrons. The molecule has 0 aliphatic rings. The topological polar surface area (TPSA) is 63.6 Å². The summed E-state index contributed by atoms with van der Waals surface area (Å²) in [6, 6.07) is 0. The number of aromatic amines is 1. The van der Waals surface area contributed by atoms with Gasteiger partial charge in [-0.05, 0) is 6.92 Å². The smallest absolute Gasteiger partial charge is 0.331 e. The van der Waals surface area contributed by atoms with Crippen LogP contribution in [-0.2, 0) is 7.05 Å². The van der Waals surface area contributed by atoms with Crippen LogP contribution in [0.3, 0.4) is 0 Å².